The number of imide groups is 1. The second kappa shape index (κ2) is 9.11. The quantitative estimate of drug-likeness (QED) is 0.767. The first-order valence-electron chi connectivity index (χ1n) is 7.68. The fourth-order valence-electron chi connectivity index (χ4n) is 2.39. The molecular formula is C16H20Cl2N2O3. The molecule has 5 nitrogen and oxygen atoms in total. The average Bonchev–Trinajstić information content (AvgIpc) is 2.54. The van der Waals surface area contributed by atoms with E-state index in [-0.39, 0.29) is 24.2 Å². The largest absolute Gasteiger partial charge is 0.492 e. The molecule has 23 heavy (non-hydrogen) atoms. The highest BCUT2D eigenvalue weighted by Gasteiger charge is 2.22. The van der Waals surface area contributed by atoms with E-state index >= 15 is 0 Å². The zero-order valence-electron chi connectivity index (χ0n) is 12.7. The van der Waals surface area contributed by atoms with Crippen molar-refractivity contribution < 1.29 is 14.3 Å². The average molecular weight is 359 g/mol. The van der Waals surface area contributed by atoms with Crippen molar-refractivity contribution >= 4 is 35.0 Å². The Morgan fingerprint density at radius 3 is 2.70 bits per heavy atom. The molecule has 1 aliphatic rings. The summed E-state index contributed by atoms with van der Waals surface area (Å²) in [7, 11) is 0. The van der Waals surface area contributed by atoms with E-state index in [0.29, 0.717) is 28.8 Å². The van der Waals surface area contributed by atoms with Gasteiger partial charge in [0, 0.05) is 17.4 Å². The summed E-state index contributed by atoms with van der Waals surface area (Å²) in [6.07, 6.45) is 2.29. The molecule has 1 aliphatic heterocycles. The first kappa shape index (κ1) is 18.0. The van der Waals surface area contributed by atoms with Gasteiger partial charge >= 0.3 is 0 Å². The Hall–Kier alpha value is -1.30. The first-order valence-corrected chi connectivity index (χ1v) is 8.44. The summed E-state index contributed by atoms with van der Waals surface area (Å²) in [6, 6.07) is 4.97. The number of ether oxygens (including phenoxy) is 1. The van der Waals surface area contributed by atoms with Crippen LogP contribution in [0.2, 0.25) is 10.0 Å². The van der Waals surface area contributed by atoms with Crippen molar-refractivity contribution in [1.82, 2.24) is 10.6 Å². The van der Waals surface area contributed by atoms with Crippen molar-refractivity contribution in [2.45, 2.75) is 25.7 Å². The Balaban J connectivity index is 1.65. The smallest absolute Gasteiger partial charge is 0.229 e. The normalized spacial score (nSPS) is 15.2. The molecule has 0 saturated carbocycles. The molecule has 0 atom stereocenters. The van der Waals surface area contributed by atoms with Gasteiger partial charge in [0.2, 0.25) is 11.8 Å². The molecule has 0 unspecified atom stereocenters. The molecule has 7 heteroatoms. The Labute approximate surface area is 145 Å². The number of halogens is 2. The van der Waals surface area contributed by atoms with Crippen molar-refractivity contribution in [2.75, 3.05) is 19.7 Å². The maximum atomic E-state index is 11.9. The van der Waals surface area contributed by atoms with E-state index in [9.17, 15) is 9.59 Å². The molecule has 126 valence electrons. The van der Waals surface area contributed by atoms with Crippen molar-refractivity contribution in [3.8, 4) is 5.75 Å². The van der Waals surface area contributed by atoms with Crippen LogP contribution in [0.25, 0.3) is 0 Å². The van der Waals surface area contributed by atoms with Crippen LogP contribution >= 0.6 is 23.2 Å². The van der Waals surface area contributed by atoms with Crippen LogP contribution in [0, 0.1) is 5.92 Å². The van der Waals surface area contributed by atoms with Crippen LogP contribution < -0.4 is 15.4 Å². The molecule has 0 aromatic heterocycles. The van der Waals surface area contributed by atoms with Gasteiger partial charge in [-0.15, -0.1) is 0 Å². The van der Waals surface area contributed by atoms with Crippen molar-refractivity contribution in [3.05, 3.63) is 28.2 Å². The molecule has 0 spiro atoms. The lowest BCUT2D eigenvalue weighted by molar-refractivity contribution is -0.133. The Morgan fingerprint density at radius 1 is 1.26 bits per heavy atom. The zero-order chi connectivity index (χ0) is 16.7. The third-order valence-corrected chi connectivity index (χ3v) is 4.20. The molecular weight excluding hydrogens is 339 g/mol. The third-order valence-electron chi connectivity index (χ3n) is 3.67. The number of hydrogen-bond donors (Lipinski definition) is 2. The number of nitrogens with one attached hydrogen (secondary N) is 2. The van der Waals surface area contributed by atoms with Crippen LogP contribution in [0.1, 0.15) is 25.7 Å². The lowest BCUT2D eigenvalue weighted by Crippen LogP contribution is -2.40. The molecule has 1 fully saturated rings. The summed E-state index contributed by atoms with van der Waals surface area (Å²) in [5.74, 6) is 0.0316. The number of hydrogen-bond acceptors (Lipinski definition) is 4. The van der Waals surface area contributed by atoms with Crippen LogP contribution in [0.15, 0.2) is 18.2 Å². The van der Waals surface area contributed by atoms with Gasteiger partial charge in [-0.1, -0.05) is 23.2 Å². The van der Waals surface area contributed by atoms with Crippen LogP contribution in [0.3, 0.4) is 0 Å². The van der Waals surface area contributed by atoms with E-state index in [4.69, 9.17) is 27.9 Å². The predicted molar refractivity (Wildman–Crippen MR) is 89.9 cm³/mol. The second-order valence-electron chi connectivity index (χ2n) is 5.46. The van der Waals surface area contributed by atoms with Crippen LogP contribution in [-0.2, 0) is 9.59 Å². The fraction of sp³-hybridized carbons (Fsp3) is 0.500. The molecule has 1 saturated heterocycles. The minimum absolute atomic E-state index is 0.0654. The maximum absolute atomic E-state index is 11.9. The van der Waals surface area contributed by atoms with Gasteiger partial charge in [0.05, 0.1) is 11.6 Å². The summed E-state index contributed by atoms with van der Waals surface area (Å²) in [5.41, 5.74) is 0. The molecule has 1 heterocycles. The Morgan fingerprint density at radius 2 is 2.00 bits per heavy atom. The predicted octanol–water partition coefficient (Wildman–Crippen LogP) is 2.79. The van der Waals surface area contributed by atoms with Crippen molar-refractivity contribution in [1.29, 1.82) is 0 Å². The summed E-state index contributed by atoms with van der Waals surface area (Å²) < 4.78 is 5.50. The van der Waals surface area contributed by atoms with Gasteiger partial charge in [-0.3, -0.25) is 14.9 Å². The number of rotatable bonds is 6. The molecule has 1 aromatic rings. The SMILES string of the molecule is O=C(CCCOc1ccc(Cl)cc1Cl)NC(=O)C1CCNCC1. The highest BCUT2D eigenvalue weighted by molar-refractivity contribution is 6.35. The molecule has 0 radical (unpaired) electrons. The van der Waals surface area contributed by atoms with Crippen molar-refractivity contribution in [3.63, 3.8) is 0 Å². The number of amides is 2. The van der Waals surface area contributed by atoms with Gasteiger partial charge in [-0.25, -0.2) is 0 Å². The van der Waals surface area contributed by atoms with E-state index in [1.807, 2.05) is 0 Å². The highest BCUT2D eigenvalue weighted by Crippen LogP contribution is 2.27. The van der Waals surface area contributed by atoms with Crippen LogP contribution in [0.5, 0.6) is 5.75 Å². The second-order valence-corrected chi connectivity index (χ2v) is 6.31. The van der Waals surface area contributed by atoms with Crippen molar-refractivity contribution in [2.24, 2.45) is 5.92 Å². The lowest BCUT2D eigenvalue weighted by Gasteiger charge is -2.21. The summed E-state index contributed by atoms with van der Waals surface area (Å²) in [4.78, 5) is 23.7. The monoisotopic (exact) mass is 358 g/mol. The van der Waals surface area contributed by atoms with Gasteiger partial charge < -0.3 is 10.1 Å². The molecule has 0 aliphatic carbocycles. The third kappa shape index (κ3) is 6.01. The summed E-state index contributed by atoms with van der Waals surface area (Å²) in [6.45, 7) is 1.99. The number of piperidine rings is 1. The summed E-state index contributed by atoms with van der Waals surface area (Å²) in [5, 5.41) is 6.62. The minimum atomic E-state index is -0.265. The fourth-order valence-corrected chi connectivity index (χ4v) is 2.86. The van der Waals surface area contributed by atoms with Gasteiger partial charge in [0.25, 0.3) is 0 Å². The first-order chi connectivity index (χ1) is 11.1. The van der Waals surface area contributed by atoms with E-state index in [1.165, 1.54) is 0 Å². The lowest BCUT2D eigenvalue weighted by atomic mass is 9.97. The minimum Gasteiger partial charge on any atom is -0.492 e. The van der Waals surface area contributed by atoms with E-state index in [0.717, 1.165) is 25.9 Å². The topological polar surface area (TPSA) is 67.4 Å². The van der Waals surface area contributed by atoms with Crippen LogP contribution in [-0.4, -0.2) is 31.5 Å². The van der Waals surface area contributed by atoms with Gasteiger partial charge in [-0.2, -0.15) is 0 Å². The molecule has 1 aromatic carbocycles. The van der Waals surface area contributed by atoms with E-state index < -0.39 is 0 Å². The standard InChI is InChI=1S/C16H20Cl2N2O3/c17-12-3-4-14(13(18)10-12)23-9-1-2-15(21)20-16(22)11-5-7-19-8-6-11/h3-4,10-11,19H,1-2,5-9H2,(H,20,21,22). The number of carbonyl (C=O) groups excluding carboxylic acids is 2. The van der Waals surface area contributed by atoms with Gasteiger partial charge in [0.1, 0.15) is 5.75 Å². The molecule has 2 amide bonds. The molecule has 2 rings (SSSR count). The number of carbonyl (C=O) groups is 2. The highest BCUT2D eigenvalue weighted by atomic mass is 35.5. The van der Waals surface area contributed by atoms with Crippen LogP contribution in [0.4, 0.5) is 0 Å². The summed E-state index contributed by atoms with van der Waals surface area (Å²) >= 11 is 11.8. The van der Waals surface area contributed by atoms with Gasteiger partial charge in [0.15, 0.2) is 0 Å². The van der Waals surface area contributed by atoms with E-state index in [2.05, 4.69) is 10.6 Å². The van der Waals surface area contributed by atoms with Gasteiger partial charge in [-0.05, 0) is 50.6 Å². The zero-order valence-corrected chi connectivity index (χ0v) is 14.3. The van der Waals surface area contributed by atoms with E-state index in [1.54, 1.807) is 18.2 Å². The number of benzene rings is 1. The Bertz CT molecular complexity index is 560. The maximum Gasteiger partial charge on any atom is 0.229 e. The Kier molecular flexibility index (Phi) is 7.15. The molecule has 2 N–H and O–H groups in total. The molecule has 0 bridgehead atoms.